The lowest BCUT2D eigenvalue weighted by Crippen LogP contribution is -2.49. The number of hydrogen-bond donors (Lipinski definition) is 2. The van der Waals surface area contributed by atoms with E-state index in [2.05, 4.69) is 36.4 Å². The van der Waals surface area contributed by atoms with Crippen LogP contribution >= 0.6 is 0 Å². The standard InChI is InChI=1S/C17H28N2O/c1-13-9-15(10-14(2)16(13)20)11-18-12-17(19(3)4)7-5-6-8-17/h9-10,18,20H,5-8,11-12H2,1-4H3. The van der Waals surface area contributed by atoms with Gasteiger partial charge in [0.15, 0.2) is 0 Å². The zero-order chi connectivity index (χ0) is 14.8. The fourth-order valence-corrected chi connectivity index (χ4v) is 3.40. The molecule has 0 saturated heterocycles. The highest BCUT2D eigenvalue weighted by atomic mass is 16.3. The van der Waals surface area contributed by atoms with E-state index in [-0.39, 0.29) is 0 Å². The highest BCUT2D eigenvalue weighted by molar-refractivity contribution is 5.42. The molecule has 0 amide bonds. The maximum Gasteiger partial charge on any atom is 0.121 e. The van der Waals surface area contributed by atoms with E-state index in [1.807, 2.05) is 13.8 Å². The van der Waals surface area contributed by atoms with Crippen LogP contribution < -0.4 is 5.32 Å². The first kappa shape index (κ1) is 15.3. The lowest BCUT2D eigenvalue weighted by Gasteiger charge is -2.36. The maximum atomic E-state index is 9.82. The Labute approximate surface area is 123 Å². The summed E-state index contributed by atoms with van der Waals surface area (Å²) in [6, 6.07) is 4.15. The number of hydrogen-bond acceptors (Lipinski definition) is 3. The van der Waals surface area contributed by atoms with Gasteiger partial charge in [0, 0.05) is 18.6 Å². The van der Waals surface area contributed by atoms with Crippen molar-refractivity contribution in [3.8, 4) is 5.75 Å². The highest BCUT2D eigenvalue weighted by Gasteiger charge is 2.35. The Hall–Kier alpha value is -1.06. The summed E-state index contributed by atoms with van der Waals surface area (Å²) in [6.45, 7) is 5.84. The minimum absolute atomic E-state index is 0.334. The van der Waals surface area contributed by atoms with Crippen molar-refractivity contribution in [1.29, 1.82) is 0 Å². The van der Waals surface area contributed by atoms with Crippen molar-refractivity contribution in [2.24, 2.45) is 0 Å². The highest BCUT2D eigenvalue weighted by Crippen LogP contribution is 2.33. The van der Waals surface area contributed by atoms with Crippen LogP contribution in [-0.4, -0.2) is 36.2 Å². The summed E-state index contributed by atoms with van der Waals surface area (Å²) in [5.74, 6) is 0.425. The Morgan fingerprint density at radius 1 is 1.15 bits per heavy atom. The summed E-state index contributed by atoms with van der Waals surface area (Å²) in [4.78, 5) is 2.39. The summed E-state index contributed by atoms with van der Waals surface area (Å²) in [5.41, 5.74) is 3.51. The second-order valence-corrected chi connectivity index (χ2v) is 6.51. The van der Waals surface area contributed by atoms with E-state index >= 15 is 0 Å². The SMILES string of the molecule is Cc1cc(CNCC2(N(C)C)CCCC2)cc(C)c1O. The van der Waals surface area contributed by atoms with Gasteiger partial charge in [-0.2, -0.15) is 0 Å². The second kappa shape index (κ2) is 6.15. The molecule has 0 heterocycles. The molecular formula is C17H28N2O. The van der Waals surface area contributed by atoms with Gasteiger partial charge in [-0.25, -0.2) is 0 Å². The van der Waals surface area contributed by atoms with Crippen LogP contribution in [0.1, 0.15) is 42.4 Å². The Morgan fingerprint density at radius 3 is 2.20 bits per heavy atom. The van der Waals surface area contributed by atoms with Crippen LogP contribution in [0.25, 0.3) is 0 Å². The number of likely N-dealkylation sites (N-methyl/N-ethyl adjacent to an activating group) is 1. The van der Waals surface area contributed by atoms with Gasteiger partial charge >= 0.3 is 0 Å². The zero-order valence-electron chi connectivity index (χ0n) is 13.3. The van der Waals surface area contributed by atoms with E-state index in [1.165, 1.54) is 31.2 Å². The normalized spacial score (nSPS) is 17.9. The van der Waals surface area contributed by atoms with E-state index in [0.29, 0.717) is 11.3 Å². The molecule has 0 bridgehead atoms. The first-order valence-electron chi connectivity index (χ1n) is 7.62. The van der Waals surface area contributed by atoms with Crippen LogP contribution in [0.2, 0.25) is 0 Å². The molecule has 3 nitrogen and oxygen atoms in total. The van der Waals surface area contributed by atoms with Crippen molar-refractivity contribution < 1.29 is 5.11 Å². The third kappa shape index (κ3) is 3.15. The smallest absolute Gasteiger partial charge is 0.121 e. The fraction of sp³-hybridized carbons (Fsp3) is 0.647. The largest absolute Gasteiger partial charge is 0.507 e. The lowest BCUT2D eigenvalue weighted by atomic mass is 9.96. The van der Waals surface area contributed by atoms with Crippen molar-refractivity contribution in [3.05, 3.63) is 28.8 Å². The number of nitrogens with zero attached hydrogens (tertiary/aromatic N) is 1. The Morgan fingerprint density at radius 2 is 1.70 bits per heavy atom. The van der Waals surface area contributed by atoms with E-state index in [4.69, 9.17) is 0 Å². The molecule has 1 aliphatic rings. The Balaban J connectivity index is 1.96. The quantitative estimate of drug-likeness (QED) is 0.868. The van der Waals surface area contributed by atoms with Gasteiger partial charge in [-0.1, -0.05) is 25.0 Å². The fourth-order valence-electron chi connectivity index (χ4n) is 3.40. The molecule has 0 aliphatic heterocycles. The molecule has 0 unspecified atom stereocenters. The molecule has 0 spiro atoms. The first-order valence-corrected chi connectivity index (χ1v) is 7.62. The van der Waals surface area contributed by atoms with E-state index < -0.39 is 0 Å². The van der Waals surface area contributed by atoms with Gasteiger partial charge in [0.2, 0.25) is 0 Å². The zero-order valence-corrected chi connectivity index (χ0v) is 13.3. The predicted molar refractivity (Wildman–Crippen MR) is 84.2 cm³/mol. The number of aromatic hydroxyl groups is 1. The monoisotopic (exact) mass is 276 g/mol. The Bertz CT molecular complexity index is 439. The summed E-state index contributed by atoms with van der Waals surface area (Å²) in [7, 11) is 4.39. The molecule has 112 valence electrons. The summed E-state index contributed by atoms with van der Waals surface area (Å²) < 4.78 is 0. The molecule has 0 radical (unpaired) electrons. The maximum absolute atomic E-state index is 9.82. The molecule has 20 heavy (non-hydrogen) atoms. The van der Waals surface area contributed by atoms with Crippen LogP contribution in [0.5, 0.6) is 5.75 Å². The molecule has 0 atom stereocenters. The number of phenols is 1. The number of aryl methyl sites for hydroxylation is 2. The average molecular weight is 276 g/mol. The molecule has 3 heteroatoms. The Kier molecular flexibility index (Phi) is 4.71. The van der Waals surface area contributed by atoms with Gasteiger partial charge in [-0.05, 0) is 57.5 Å². The summed E-state index contributed by atoms with van der Waals surface area (Å²) in [6.07, 6.45) is 5.27. The van der Waals surface area contributed by atoms with Crippen molar-refractivity contribution in [1.82, 2.24) is 10.2 Å². The molecule has 2 rings (SSSR count). The van der Waals surface area contributed by atoms with E-state index in [0.717, 1.165) is 24.2 Å². The van der Waals surface area contributed by atoms with Crippen LogP contribution in [-0.2, 0) is 6.54 Å². The van der Waals surface area contributed by atoms with E-state index in [1.54, 1.807) is 0 Å². The minimum Gasteiger partial charge on any atom is -0.507 e. The van der Waals surface area contributed by atoms with Crippen LogP contribution in [0.3, 0.4) is 0 Å². The molecule has 2 N–H and O–H groups in total. The van der Waals surface area contributed by atoms with Crippen LogP contribution in [0.4, 0.5) is 0 Å². The summed E-state index contributed by atoms with van der Waals surface area (Å²) in [5, 5.41) is 13.4. The molecule has 1 aromatic carbocycles. The van der Waals surface area contributed by atoms with Crippen LogP contribution in [0.15, 0.2) is 12.1 Å². The van der Waals surface area contributed by atoms with Crippen molar-refractivity contribution in [3.63, 3.8) is 0 Å². The van der Waals surface area contributed by atoms with Crippen molar-refractivity contribution in [2.45, 2.75) is 51.6 Å². The molecule has 1 aliphatic carbocycles. The number of benzene rings is 1. The van der Waals surface area contributed by atoms with Gasteiger partial charge in [0.1, 0.15) is 5.75 Å². The average Bonchev–Trinajstić information content (AvgIpc) is 2.86. The van der Waals surface area contributed by atoms with Gasteiger partial charge in [-0.15, -0.1) is 0 Å². The number of nitrogens with one attached hydrogen (secondary N) is 1. The third-order valence-electron chi connectivity index (χ3n) is 4.82. The van der Waals surface area contributed by atoms with Crippen molar-refractivity contribution in [2.75, 3.05) is 20.6 Å². The number of phenolic OH excluding ortho intramolecular Hbond substituents is 1. The third-order valence-corrected chi connectivity index (χ3v) is 4.82. The van der Waals surface area contributed by atoms with Crippen molar-refractivity contribution >= 4 is 0 Å². The predicted octanol–water partition coefficient (Wildman–Crippen LogP) is 2.97. The molecule has 1 aromatic rings. The van der Waals surface area contributed by atoms with E-state index in [9.17, 15) is 5.11 Å². The lowest BCUT2D eigenvalue weighted by molar-refractivity contribution is 0.153. The molecular weight excluding hydrogens is 248 g/mol. The minimum atomic E-state index is 0.334. The second-order valence-electron chi connectivity index (χ2n) is 6.51. The van der Waals surface area contributed by atoms with Gasteiger partial charge in [0.05, 0.1) is 0 Å². The number of rotatable bonds is 5. The molecule has 1 saturated carbocycles. The van der Waals surface area contributed by atoms with Crippen LogP contribution in [0, 0.1) is 13.8 Å². The first-order chi connectivity index (χ1) is 9.44. The van der Waals surface area contributed by atoms with Gasteiger partial charge in [-0.3, -0.25) is 0 Å². The summed E-state index contributed by atoms with van der Waals surface area (Å²) >= 11 is 0. The molecule has 1 fully saturated rings. The van der Waals surface area contributed by atoms with Gasteiger partial charge < -0.3 is 15.3 Å². The molecule has 0 aromatic heterocycles. The van der Waals surface area contributed by atoms with Gasteiger partial charge in [0.25, 0.3) is 0 Å². The topological polar surface area (TPSA) is 35.5 Å².